The molecule has 2 aromatic rings. The summed E-state index contributed by atoms with van der Waals surface area (Å²) in [7, 11) is 2.00. The number of hydrogen-bond acceptors (Lipinski definition) is 4. The van der Waals surface area contributed by atoms with Crippen LogP contribution in [0, 0.1) is 5.41 Å². The van der Waals surface area contributed by atoms with Crippen molar-refractivity contribution >= 4 is 11.8 Å². The molecule has 8 heteroatoms. The summed E-state index contributed by atoms with van der Waals surface area (Å²) in [6, 6.07) is 8.95. The van der Waals surface area contributed by atoms with Crippen molar-refractivity contribution in [2.24, 2.45) is 5.41 Å². The molecule has 162 valence electrons. The number of likely N-dealkylation sites (N-methyl/N-ethyl adjacent to an activating group) is 1. The molecular formula is C22H30FN5O2. The van der Waals surface area contributed by atoms with E-state index in [0.717, 1.165) is 30.2 Å². The van der Waals surface area contributed by atoms with Gasteiger partial charge in [-0.3, -0.25) is 14.5 Å². The van der Waals surface area contributed by atoms with Gasteiger partial charge in [-0.2, -0.15) is 0 Å². The van der Waals surface area contributed by atoms with Crippen LogP contribution in [-0.2, 0) is 17.9 Å². The maximum atomic E-state index is 13.2. The second-order valence-corrected chi connectivity index (χ2v) is 8.74. The van der Waals surface area contributed by atoms with E-state index in [9.17, 15) is 14.0 Å². The summed E-state index contributed by atoms with van der Waals surface area (Å²) in [5, 5.41) is 5.38. The number of carbonyl (C=O) groups excluding carboxylic acids is 2. The number of nitrogens with zero attached hydrogens (tertiary/aromatic N) is 3. The summed E-state index contributed by atoms with van der Waals surface area (Å²) in [5.41, 5.74) is 1.55. The van der Waals surface area contributed by atoms with Crippen LogP contribution < -0.4 is 10.6 Å². The molecule has 30 heavy (non-hydrogen) atoms. The molecule has 0 saturated carbocycles. The summed E-state index contributed by atoms with van der Waals surface area (Å²) >= 11 is 0. The highest BCUT2D eigenvalue weighted by molar-refractivity contribution is 5.98. The number of rotatable bonds is 6. The summed E-state index contributed by atoms with van der Waals surface area (Å²) in [6.45, 7) is 7.03. The van der Waals surface area contributed by atoms with Gasteiger partial charge >= 0.3 is 0 Å². The Labute approximate surface area is 176 Å². The zero-order valence-electron chi connectivity index (χ0n) is 18.0. The Hall–Kier alpha value is -2.74. The third kappa shape index (κ3) is 4.70. The molecule has 0 radical (unpaired) electrons. The molecule has 3 rings (SSSR count). The first-order valence-corrected chi connectivity index (χ1v) is 10.2. The summed E-state index contributed by atoms with van der Waals surface area (Å²) < 4.78 is 14.6. The summed E-state index contributed by atoms with van der Waals surface area (Å²) in [6.07, 6.45) is 0. The molecule has 2 heterocycles. The van der Waals surface area contributed by atoms with Crippen LogP contribution in [0.1, 0.15) is 37.0 Å². The molecule has 1 aliphatic heterocycles. The predicted molar refractivity (Wildman–Crippen MR) is 114 cm³/mol. The fourth-order valence-corrected chi connectivity index (χ4v) is 3.63. The van der Waals surface area contributed by atoms with Gasteiger partial charge in [0.2, 0.25) is 5.91 Å². The van der Waals surface area contributed by atoms with E-state index in [-0.39, 0.29) is 6.54 Å². The second-order valence-electron chi connectivity index (χ2n) is 8.74. The van der Waals surface area contributed by atoms with Crippen LogP contribution in [0.4, 0.5) is 4.39 Å². The Morgan fingerprint density at radius 2 is 1.90 bits per heavy atom. The minimum atomic E-state index is -0.810. The highest BCUT2D eigenvalue weighted by atomic mass is 19.1. The Kier molecular flexibility index (Phi) is 6.55. The molecule has 7 nitrogen and oxygen atoms in total. The van der Waals surface area contributed by atoms with Crippen molar-refractivity contribution < 1.29 is 14.0 Å². The average Bonchev–Trinajstić information content (AvgIpc) is 3.08. The van der Waals surface area contributed by atoms with E-state index in [2.05, 4.69) is 25.1 Å². The van der Waals surface area contributed by atoms with Crippen LogP contribution in [0.15, 0.2) is 30.3 Å². The molecular weight excluding hydrogens is 385 g/mol. The van der Waals surface area contributed by atoms with Crippen LogP contribution in [-0.4, -0.2) is 59.1 Å². The van der Waals surface area contributed by atoms with Gasteiger partial charge in [-0.15, -0.1) is 0 Å². The number of benzene rings is 1. The zero-order chi connectivity index (χ0) is 21.9. The quantitative estimate of drug-likeness (QED) is 0.758. The number of alkyl halides is 1. The normalized spacial score (nSPS) is 15.4. The van der Waals surface area contributed by atoms with Crippen molar-refractivity contribution in [2.75, 3.05) is 26.8 Å². The molecule has 1 atom stereocenters. The first-order valence-electron chi connectivity index (χ1n) is 10.2. The molecule has 1 aliphatic rings. The maximum absolute atomic E-state index is 13.2. The van der Waals surface area contributed by atoms with Crippen LogP contribution in [0.3, 0.4) is 0 Å². The van der Waals surface area contributed by atoms with Crippen molar-refractivity contribution in [1.29, 1.82) is 0 Å². The average molecular weight is 416 g/mol. The summed E-state index contributed by atoms with van der Waals surface area (Å²) in [4.78, 5) is 32.6. The molecule has 0 fully saturated rings. The van der Waals surface area contributed by atoms with E-state index in [4.69, 9.17) is 0 Å². The van der Waals surface area contributed by atoms with Gasteiger partial charge in [0.1, 0.15) is 18.5 Å². The third-order valence-electron chi connectivity index (χ3n) is 5.24. The highest BCUT2D eigenvalue weighted by Crippen LogP contribution is 2.27. The SMILES string of the molecule is CN1CCn2c(-c3ccccc3)nc(C(=O)NC(C(=O)NCCF)C(C)(C)C)c2C1. The minimum Gasteiger partial charge on any atom is -0.352 e. The number of aromatic nitrogens is 2. The van der Waals surface area contributed by atoms with Gasteiger partial charge in [-0.1, -0.05) is 51.1 Å². The Balaban J connectivity index is 1.95. The third-order valence-corrected chi connectivity index (χ3v) is 5.24. The number of carbonyl (C=O) groups is 2. The molecule has 0 bridgehead atoms. The lowest BCUT2D eigenvalue weighted by Crippen LogP contribution is -2.54. The fourth-order valence-electron chi connectivity index (χ4n) is 3.63. The maximum Gasteiger partial charge on any atom is 0.272 e. The number of halogens is 1. The minimum absolute atomic E-state index is 0.0793. The van der Waals surface area contributed by atoms with Gasteiger partial charge in [0, 0.05) is 31.7 Å². The lowest BCUT2D eigenvalue weighted by molar-refractivity contribution is -0.125. The van der Waals surface area contributed by atoms with Gasteiger partial charge in [0.25, 0.3) is 5.91 Å². The summed E-state index contributed by atoms with van der Waals surface area (Å²) in [5.74, 6) is -0.0495. The van der Waals surface area contributed by atoms with E-state index >= 15 is 0 Å². The van der Waals surface area contributed by atoms with E-state index in [0.29, 0.717) is 12.2 Å². The molecule has 2 amide bonds. The smallest absolute Gasteiger partial charge is 0.272 e. The lowest BCUT2D eigenvalue weighted by Gasteiger charge is -2.30. The first kappa shape index (κ1) is 22.0. The molecule has 1 unspecified atom stereocenters. The molecule has 0 spiro atoms. The number of hydrogen-bond donors (Lipinski definition) is 2. The fraction of sp³-hybridized carbons (Fsp3) is 0.500. The second kappa shape index (κ2) is 8.95. The Morgan fingerprint density at radius 3 is 2.53 bits per heavy atom. The van der Waals surface area contributed by atoms with Gasteiger partial charge < -0.3 is 15.2 Å². The van der Waals surface area contributed by atoms with Crippen molar-refractivity contribution in [3.8, 4) is 11.4 Å². The van der Waals surface area contributed by atoms with Crippen molar-refractivity contribution in [2.45, 2.75) is 39.9 Å². The van der Waals surface area contributed by atoms with Crippen molar-refractivity contribution in [1.82, 2.24) is 25.1 Å². The molecule has 0 aliphatic carbocycles. The van der Waals surface area contributed by atoms with E-state index in [1.165, 1.54) is 0 Å². The van der Waals surface area contributed by atoms with Gasteiger partial charge in [0.15, 0.2) is 5.69 Å². The highest BCUT2D eigenvalue weighted by Gasteiger charge is 2.35. The van der Waals surface area contributed by atoms with E-state index in [1.807, 2.05) is 58.2 Å². The number of fused-ring (bicyclic) bond motifs is 1. The van der Waals surface area contributed by atoms with Gasteiger partial charge in [-0.05, 0) is 12.5 Å². The van der Waals surface area contributed by atoms with Gasteiger partial charge in [-0.25, -0.2) is 9.37 Å². The Bertz CT molecular complexity index is 904. The van der Waals surface area contributed by atoms with Crippen LogP contribution in [0.2, 0.25) is 0 Å². The Morgan fingerprint density at radius 1 is 1.20 bits per heavy atom. The number of amides is 2. The van der Waals surface area contributed by atoms with E-state index < -0.39 is 29.9 Å². The standard InChI is InChI=1S/C22H30FN5O2/c1-22(2,3)18(21(30)24-11-10-23)26-20(29)17-16-14-27(4)12-13-28(16)19(25-17)15-8-6-5-7-9-15/h5-9,18H,10-14H2,1-4H3,(H,24,30)(H,26,29). The molecule has 1 aromatic carbocycles. The van der Waals surface area contributed by atoms with E-state index in [1.54, 1.807) is 0 Å². The molecule has 0 saturated heterocycles. The number of nitrogens with one attached hydrogen (secondary N) is 2. The topological polar surface area (TPSA) is 79.3 Å². The predicted octanol–water partition coefficient (Wildman–Crippen LogP) is 2.23. The molecule has 2 N–H and O–H groups in total. The van der Waals surface area contributed by atoms with Crippen LogP contribution in [0.5, 0.6) is 0 Å². The zero-order valence-corrected chi connectivity index (χ0v) is 18.0. The van der Waals surface area contributed by atoms with Crippen LogP contribution >= 0.6 is 0 Å². The van der Waals surface area contributed by atoms with Crippen molar-refractivity contribution in [3.63, 3.8) is 0 Å². The largest absolute Gasteiger partial charge is 0.352 e. The number of imidazole rings is 1. The molecule has 1 aromatic heterocycles. The first-order chi connectivity index (χ1) is 14.2. The van der Waals surface area contributed by atoms with Gasteiger partial charge in [0.05, 0.1) is 5.69 Å². The lowest BCUT2D eigenvalue weighted by atomic mass is 9.86. The van der Waals surface area contributed by atoms with Crippen molar-refractivity contribution in [3.05, 3.63) is 41.7 Å². The van der Waals surface area contributed by atoms with Crippen LogP contribution in [0.25, 0.3) is 11.4 Å². The monoisotopic (exact) mass is 415 g/mol.